The normalized spacial score (nSPS) is 36.7. The second-order valence-electron chi connectivity index (χ2n) is 10.3. The average Bonchev–Trinajstić information content (AvgIpc) is 2.84. The summed E-state index contributed by atoms with van der Waals surface area (Å²) in [4.78, 5) is 28.4. The van der Waals surface area contributed by atoms with Gasteiger partial charge >= 0.3 is 0 Å². The number of carbonyl (C=O) groups excluding carboxylic acids is 2. The van der Waals surface area contributed by atoms with Crippen molar-refractivity contribution in [1.82, 2.24) is 25.8 Å². The SMILES string of the molecule is COC1CCC(C2CNC(NC3CCCC(C(=O)N4CCN(C(C)=O)CC4)C3)NC2)CC1. The maximum absolute atomic E-state index is 13.1. The fraction of sp³-hybridized carbons (Fsp3) is 0.917. The van der Waals surface area contributed by atoms with Crippen molar-refractivity contribution in [3.05, 3.63) is 0 Å². The Bertz CT molecular complexity index is 623. The van der Waals surface area contributed by atoms with E-state index in [9.17, 15) is 9.59 Å². The van der Waals surface area contributed by atoms with E-state index in [-0.39, 0.29) is 24.0 Å². The Morgan fingerprint density at radius 3 is 2.16 bits per heavy atom. The highest BCUT2D eigenvalue weighted by atomic mass is 16.5. The zero-order valence-electron chi connectivity index (χ0n) is 20.0. The Balaban J connectivity index is 1.18. The molecule has 0 aromatic rings. The first-order valence-corrected chi connectivity index (χ1v) is 12.8. The molecule has 8 heteroatoms. The van der Waals surface area contributed by atoms with Crippen LogP contribution in [0, 0.1) is 17.8 Å². The average molecular weight is 450 g/mol. The van der Waals surface area contributed by atoms with Crippen LogP contribution in [0.15, 0.2) is 0 Å². The lowest BCUT2D eigenvalue weighted by atomic mass is 9.78. The number of hydrogen-bond acceptors (Lipinski definition) is 6. The van der Waals surface area contributed by atoms with E-state index in [0.29, 0.717) is 44.2 Å². The van der Waals surface area contributed by atoms with Crippen LogP contribution in [0.1, 0.15) is 58.3 Å². The lowest BCUT2D eigenvalue weighted by Crippen LogP contribution is -2.63. The molecule has 0 aromatic carbocycles. The van der Waals surface area contributed by atoms with E-state index in [1.54, 1.807) is 6.92 Å². The van der Waals surface area contributed by atoms with E-state index in [1.807, 2.05) is 16.9 Å². The Morgan fingerprint density at radius 1 is 0.875 bits per heavy atom. The van der Waals surface area contributed by atoms with Crippen LogP contribution in [0.4, 0.5) is 0 Å². The predicted octanol–water partition coefficient (Wildman–Crippen LogP) is 1.12. The van der Waals surface area contributed by atoms with E-state index >= 15 is 0 Å². The van der Waals surface area contributed by atoms with E-state index in [0.717, 1.165) is 44.7 Å². The summed E-state index contributed by atoms with van der Waals surface area (Å²) in [7, 11) is 1.84. The minimum atomic E-state index is 0.108. The van der Waals surface area contributed by atoms with E-state index in [2.05, 4.69) is 16.0 Å². The molecule has 2 saturated heterocycles. The molecule has 2 unspecified atom stereocenters. The van der Waals surface area contributed by atoms with Crippen molar-refractivity contribution < 1.29 is 14.3 Å². The lowest BCUT2D eigenvalue weighted by Gasteiger charge is -2.41. The minimum Gasteiger partial charge on any atom is -0.381 e. The van der Waals surface area contributed by atoms with Crippen LogP contribution in [-0.4, -0.2) is 86.4 Å². The van der Waals surface area contributed by atoms with Gasteiger partial charge < -0.3 is 14.5 Å². The number of piperazine rings is 1. The quantitative estimate of drug-likeness (QED) is 0.583. The van der Waals surface area contributed by atoms with Gasteiger partial charge in [-0.25, -0.2) is 0 Å². The second kappa shape index (κ2) is 11.3. The Labute approximate surface area is 193 Å². The number of amides is 2. The summed E-state index contributed by atoms with van der Waals surface area (Å²) in [5.41, 5.74) is 0. The van der Waals surface area contributed by atoms with Crippen LogP contribution >= 0.6 is 0 Å². The molecule has 3 N–H and O–H groups in total. The Hall–Kier alpha value is -1.22. The van der Waals surface area contributed by atoms with Gasteiger partial charge in [-0.1, -0.05) is 6.42 Å². The molecule has 8 nitrogen and oxygen atoms in total. The monoisotopic (exact) mass is 449 g/mol. The zero-order valence-corrected chi connectivity index (χ0v) is 20.0. The van der Waals surface area contributed by atoms with Gasteiger partial charge in [-0.15, -0.1) is 0 Å². The molecule has 0 radical (unpaired) electrons. The zero-order chi connectivity index (χ0) is 22.5. The molecule has 2 atom stereocenters. The number of nitrogens with zero attached hydrogens (tertiary/aromatic N) is 2. The molecule has 2 saturated carbocycles. The largest absolute Gasteiger partial charge is 0.381 e. The summed E-state index contributed by atoms with van der Waals surface area (Å²) < 4.78 is 5.52. The van der Waals surface area contributed by atoms with Gasteiger partial charge in [0.1, 0.15) is 6.29 Å². The molecule has 4 rings (SSSR count). The number of methoxy groups -OCH3 is 1. The van der Waals surface area contributed by atoms with Gasteiger partial charge in [0.2, 0.25) is 11.8 Å². The van der Waals surface area contributed by atoms with Crippen LogP contribution in [0.3, 0.4) is 0 Å². The lowest BCUT2D eigenvalue weighted by molar-refractivity contribution is -0.142. The number of hydrogen-bond donors (Lipinski definition) is 3. The molecular formula is C24H43N5O3. The molecule has 32 heavy (non-hydrogen) atoms. The standard InChI is InChI=1S/C24H43N5O3/c1-17(30)28-10-12-29(13-11-28)23(31)19-4-3-5-21(14-19)27-24-25-15-20(16-26-24)18-6-8-22(32-2)9-7-18/h18-22,24-27H,3-16H2,1-2H3. The molecule has 0 aromatic heterocycles. The Morgan fingerprint density at radius 2 is 1.53 bits per heavy atom. The number of nitrogens with one attached hydrogen (secondary N) is 3. The van der Waals surface area contributed by atoms with Crippen LogP contribution < -0.4 is 16.0 Å². The van der Waals surface area contributed by atoms with Crippen molar-refractivity contribution >= 4 is 11.8 Å². The summed E-state index contributed by atoms with van der Waals surface area (Å²) in [5, 5.41) is 11.1. The van der Waals surface area contributed by atoms with E-state index < -0.39 is 0 Å². The van der Waals surface area contributed by atoms with Crippen molar-refractivity contribution in [2.45, 2.75) is 76.7 Å². The van der Waals surface area contributed by atoms with E-state index in [4.69, 9.17) is 4.74 Å². The fourth-order valence-electron chi connectivity index (χ4n) is 6.23. The fourth-order valence-corrected chi connectivity index (χ4v) is 6.23. The van der Waals surface area contributed by atoms with Gasteiger partial charge in [0.25, 0.3) is 0 Å². The summed E-state index contributed by atoms with van der Waals surface area (Å²) in [6.07, 6.45) is 9.67. The summed E-state index contributed by atoms with van der Waals surface area (Å²) in [6.45, 7) is 6.40. The molecule has 2 heterocycles. The molecule has 182 valence electrons. The van der Waals surface area contributed by atoms with Gasteiger partial charge in [0, 0.05) is 65.3 Å². The highest BCUT2D eigenvalue weighted by Gasteiger charge is 2.34. The maximum Gasteiger partial charge on any atom is 0.225 e. The van der Waals surface area contributed by atoms with Gasteiger partial charge in [-0.2, -0.15) is 0 Å². The molecule has 4 fully saturated rings. The molecule has 0 spiro atoms. The van der Waals surface area contributed by atoms with Crippen LogP contribution in [0.2, 0.25) is 0 Å². The first-order valence-electron chi connectivity index (χ1n) is 12.8. The second-order valence-corrected chi connectivity index (χ2v) is 10.3. The van der Waals surface area contributed by atoms with Crippen molar-refractivity contribution in [2.24, 2.45) is 17.8 Å². The van der Waals surface area contributed by atoms with Crippen LogP contribution in [0.5, 0.6) is 0 Å². The van der Waals surface area contributed by atoms with E-state index in [1.165, 1.54) is 25.7 Å². The van der Waals surface area contributed by atoms with Gasteiger partial charge in [-0.05, 0) is 56.8 Å². The third-order valence-corrected chi connectivity index (χ3v) is 8.35. The molecule has 2 amide bonds. The molecular weight excluding hydrogens is 406 g/mol. The molecule has 2 aliphatic carbocycles. The minimum absolute atomic E-state index is 0.108. The first kappa shape index (κ1) is 23.9. The number of carbonyl (C=O) groups is 2. The molecule has 0 bridgehead atoms. The van der Waals surface area contributed by atoms with Crippen molar-refractivity contribution in [1.29, 1.82) is 0 Å². The third kappa shape index (κ3) is 6.01. The van der Waals surface area contributed by atoms with Crippen LogP contribution in [0.25, 0.3) is 0 Å². The first-order chi connectivity index (χ1) is 15.5. The highest BCUT2D eigenvalue weighted by molar-refractivity contribution is 5.79. The predicted molar refractivity (Wildman–Crippen MR) is 124 cm³/mol. The highest BCUT2D eigenvalue weighted by Crippen LogP contribution is 2.32. The van der Waals surface area contributed by atoms with Gasteiger partial charge in [-0.3, -0.25) is 25.5 Å². The maximum atomic E-state index is 13.1. The molecule has 4 aliphatic rings. The number of ether oxygens (including phenoxy) is 1. The van der Waals surface area contributed by atoms with Gasteiger partial charge in [0.05, 0.1) is 6.10 Å². The van der Waals surface area contributed by atoms with Crippen molar-refractivity contribution in [3.8, 4) is 0 Å². The topological polar surface area (TPSA) is 85.9 Å². The summed E-state index contributed by atoms with van der Waals surface area (Å²) >= 11 is 0. The van der Waals surface area contributed by atoms with Crippen LogP contribution in [-0.2, 0) is 14.3 Å². The summed E-state index contributed by atoms with van der Waals surface area (Å²) in [5.74, 6) is 1.99. The smallest absolute Gasteiger partial charge is 0.225 e. The third-order valence-electron chi connectivity index (χ3n) is 8.35. The Kier molecular flexibility index (Phi) is 8.43. The van der Waals surface area contributed by atoms with Crippen molar-refractivity contribution in [2.75, 3.05) is 46.4 Å². The summed E-state index contributed by atoms with van der Waals surface area (Å²) in [6, 6.07) is 0.370. The molecule has 2 aliphatic heterocycles. The van der Waals surface area contributed by atoms with Gasteiger partial charge in [0.15, 0.2) is 0 Å². The number of rotatable bonds is 5. The van der Waals surface area contributed by atoms with Crippen molar-refractivity contribution in [3.63, 3.8) is 0 Å².